The van der Waals surface area contributed by atoms with Crippen LogP contribution >= 0.6 is 7.26 Å². The minimum absolute atomic E-state index is 0. The molecule has 1 unspecified atom stereocenters. The van der Waals surface area contributed by atoms with E-state index < -0.39 is 7.26 Å². The van der Waals surface area contributed by atoms with Crippen LogP contribution in [0.4, 0.5) is 0 Å². The lowest BCUT2D eigenvalue weighted by Crippen LogP contribution is -3.00. The van der Waals surface area contributed by atoms with Gasteiger partial charge >= 0.3 is 0 Å². The van der Waals surface area contributed by atoms with Gasteiger partial charge in [-0.2, -0.15) is 0 Å². The summed E-state index contributed by atoms with van der Waals surface area (Å²) < 4.78 is 0. The van der Waals surface area contributed by atoms with Crippen molar-refractivity contribution in [1.29, 1.82) is 0 Å². The van der Waals surface area contributed by atoms with Crippen molar-refractivity contribution in [3.8, 4) is 0 Å². The smallest absolute Gasteiger partial charge is 0.119 e. The molecule has 0 saturated carbocycles. The molecule has 4 aromatic rings. The average Bonchev–Trinajstić information content (AvgIpc) is 2.93. The number of benzene rings is 4. The van der Waals surface area contributed by atoms with Crippen LogP contribution in [0.25, 0.3) is 0 Å². The molecule has 1 aliphatic rings. The van der Waals surface area contributed by atoms with Crippen molar-refractivity contribution in [2.45, 2.75) is 70.4 Å². The highest BCUT2D eigenvalue weighted by Crippen LogP contribution is 2.68. The second-order valence-electron chi connectivity index (χ2n) is 12.3. The van der Waals surface area contributed by atoms with Crippen LogP contribution in [0.3, 0.4) is 0 Å². The minimum Gasteiger partial charge on any atom is -1.00 e. The summed E-state index contributed by atoms with van der Waals surface area (Å²) in [6, 6.07) is 39.1. The molecule has 2 heteroatoms. The molecular weight excluding hydrogens is 555 g/mol. The molecule has 0 radical (unpaired) electrons. The first-order valence-electron chi connectivity index (χ1n) is 14.0. The molecule has 4 aromatic carbocycles. The second-order valence-corrected chi connectivity index (χ2v) is 15.9. The third kappa shape index (κ3) is 5.21. The fourth-order valence-electron chi connectivity index (χ4n) is 6.73. The van der Waals surface area contributed by atoms with Gasteiger partial charge in [-0.15, -0.1) is 6.58 Å². The first kappa shape index (κ1) is 29.5. The summed E-state index contributed by atoms with van der Waals surface area (Å²) in [5, 5.41) is 4.29. The highest BCUT2D eigenvalue weighted by atomic mass is 79.9. The molecule has 39 heavy (non-hydrogen) atoms. The normalized spacial score (nSPS) is 16.4. The molecule has 0 bridgehead atoms. The number of rotatable bonds is 7. The fourth-order valence-corrected chi connectivity index (χ4v) is 11.8. The Hall–Kier alpha value is -2.47. The van der Waals surface area contributed by atoms with Gasteiger partial charge in [0.2, 0.25) is 0 Å². The Balaban J connectivity index is 0.00000353. The van der Waals surface area contributed by atoms with Crippen molar-refractivity contribution in [3.63, 3.8) is 0 Å². The van der Waals surface area contributed by atoms with Gasteiger partial charge in [0.1, 0.15) is 28.8 Å². The number of halogens is 1. The van der Waals surface area contributed by atoms with Crippen molar-refractivity contribution in [2.24, 2.45) is 0 Å². The zero-order valence-electron chi connectivity index (χ0n) is 24.1. The van der Waals surface area contributed by atoms with Crippen molar-refractivity contribution in [1.82, 2.24) is 0 Å². The van der Waals surface area contributed by atoms with Gasteiger partial charge < -0.3 is 17.0 Å². The zero-order chi connectivity index (χ0) is 27.0. The first-order valence-corrected chi connectivity index (χ1v) is 15.9. The SMILES string of the molecule is C=CCC(c1cc2c(cc1C)C(C)(C)CCC2(C)C)[P+](c1ccccc1)(c1ccccc1)c1ccccc1.[Br-]. The zero-order valence-corrected chi connectivity index (χ0v) is 26.6. The molecule has 1 aliphatic carbocycles. The van der Waals surface area contributed by atoms with E-state index in [-0.39, 0.29) is 27.8 Å². The summed E-state index contributed by atoms with van der Waals surface area (Å²) >= 11 is 0. The van der Waals surface area contributed by atoms with Crippen LogP contribution in [-0.2, 0) is 10.8 Å². The minimum atomic E-state index is -2.11. The van der Waals surface area contributed by atoms with Crippen molar-refractivity contribution >= 4 is 23.2 Å². The third-order valence-electron chi connectivity index (χ3n) is 8.95. The summed E-state index contributed by atoms with van der Waals surface area (Å²) in [7, 11) is -2.11. The summed E-state index contributed by atoms with van der Waals surface area (Å²) in [4.78, 5) is 0. The Morgan fingerprint density at radius 1 is 0.692 bits per heavy atom. The van der Waals surface area contributed by atoms with Crippen LogP contribution in [0.1, 0.15) is 74.9 Å². The highest BCUT2D eigenvalue weighted by molar-refractivity contribution is 7.96. The highest BCUT2D eigenvalue weighted by Gasteiger charge is 2.53. The van der Waals surface area contributed by atoms with E-state index in [2.05, 4.69) is 150 Å². The lowest BCUT2D eigenvalue weighted by atomic mass is 9.62. The van der Waals surface area contributed by atoms with Crippen LogP contribution in [0.2, 0.25) is 0 Å². The van der Waals surface area contributed by atoms with Crippen LogP contribution in [0.15, 0.2) is 116 Å². The molecular formula is C37H42BrP. The van der Waals surface area contributed by atoms with Crippen LogP contribution in [0.5, 0.6) is 0 Å². The van der Waals surface area contributed by atoms with Gasteiger partial charge in [-0.25, -0.2) is 0 Å². The van der Waals surface area contributed by atoms with E-state index in [4.69, 9.17) is 0 Å². The van der Waals surface area contributed by atoms with Crippen molar-refractivity contribution in [3.05, 3.63) is 138 Å². The van der Waals surface area contributed by atoms with Crippen LogP contribution in [0, 0.1) is 6.92 Å². The summed E-state index contributed by atoms with van der Waals surface area (Å²) in [5.41, 5.74) is 6.63. The molecule has 0 nitrogen and oxygen atoms in total. The van der Waals surface area contributed by atoms with Gasteiger partial charge in [-0.1, -0.05) is 101 Å². The lowest BCUT2D eigenvalue weighted by Gasteiger charge is -2.43. The molecule has 5 rings (SSSR count). The molecule has 0 spiro atoms. The topological polar surface area (TPSA) is 0 Å². The monoisotopic (exact) mass is 596 g/mol. The lowest BCUT2D eigenvalue weighted by molar-refractivity contribution is -0.00000811. The van der Waals surface area contributed by atoms with Gasteiger partial charge in [0.05, 0.1) is 0 Å². The molecule has 0 aliphatic heterocycles. The largest absolute Gasteiger partial charge is 1.00 e. The predicted molar refractivity (Wildman–Crippen MR) is 169 cm³/mol. The van der Waals surface area contributed by atoms with E-state index in [1.807, 2.05) is 0 Å². The van der Waals surface area contributed by atoms with E-state index >= 15 is 0 Å². The third-order valence-corrected chi connectivity index (χ3v) is 13.7. The van der Waals surface area contributed by atoms with E-state index in [1.165, 1.54) is 51.0 Å². The van der Waals surface area contributed by atoms with Crippen LogP contribution in [-0.4, -0.2) is 0 Å². The van der Waals surface area contributed by atoms with Gasteiger partial charge in [-0.3, -0.25) is 0 Å². The number of allylic oxidation sites excluding steroid dienone is 1. The number of aryl methyl sites for hydroxylation is 1. The Morgan fingerprint density at radius 3 is 1.46 bits per heavy atom. The predicted octanol–water partition coefficient (Wildman–Crippen LogP) is 5.96. The Labute approximate surface area is 247 Å². The maximum Gasteiger partial charge on any atom is 0.119 e. The standard InChI is InChI=1S/C37H42P.BrH/c1-7-17-35(32-27-34-33(26-28(32)2)36(3,4)24-25-37(34,5)6)38(29-18-11-8-12-19-29,30-20-13-9-14-21-30)31-22-15-10-16-23-31;/h7-16,18-23,26-27,35H,1,17,24-25H2,2-6H3;1H/q+1;/p-1. The molecule has 0 fully saturated rings. The Kier molecular flexibility index (Phi) is 8.75. The molecule has 1 atom stereocenters. The van der Waals surface area contributed by atoms with E-state index in [9.17, 15) is 0 Å². The molecule has 0 aromatic heterocycles. The summed E-state index contributed by atoms with van der Waals surface area (Å²) in [5.74, 6) is 0. The molecule has 0 saturated heterocycles. The van der Waals surface area contributed by atoms with Crippen LogP contribution < -0.4 is 32.9 Å². The Bertz CT molecular complexity index is 1310. The van der Waals surface area contributed by atoms with E-state index in [0.29, 0.717) is 5.66 Å². The average molecular weight is 598 g/mol. The molecule has 0 amide bonds. The van der Waals surface area contributed by atoms with Crippen molar-refractivity contribution < 1.29 is 17.0 Å². The Morgan fingerprint density at radius 2 is 1.08 bits per heavy atom. The van der Waals surface area contributed by atoms with Gasteiger partial charge in [0, 0.05) is 6.42 Å². The van der Waals surface area contributed by atoms with E-state index in [0.717, 1.165) is 6.42 Å². The van der Waals surface area contributed by atoms with E-state index in [1.54, 1.807) is 0 Å². The maximum atomic E-state index is 4.31. The molecule has 0 heterocycles. The fraction of sp³-hybridized carbons (Fsp3) is 0.297. The number of fused-ring (bicyclic) bond motifs is 1. The van der Waals surface area contributed by atoms with Gasteiger partial charge in [0.25, 0.3) is 0 Å². The second kappa shape index (κ2) is 11.6. The van der Waals surface area contributed by atoms with Gasteiger partial charge in [0.15, 0.2) is 0 Å². The summed E-state index contributed by atoms with van der Waals surface area (Å²) in [6.45, 7) is 16.4. The summed E-state index contributed by atoms with van der Waals surface area (Å²) in [6.07, 6.45) is 5.53. The molecule has 0 N–H and O–H groups in total. The number of hydrogen-bond acceptors (Lipinski definition) is 0. The number of hydrogen-bond donors (Lipinski definition) is 0. The molecule has 202 valence electrons. The quantitative estimate of drug-likeness (QED) is 0.182. The first-order chi connectivity index (χ1) is 18.2. The van der Waals surface area contributed by atoms with Gasteiger partial charge in [-0.05, 0) is 89.2 Å². The van der Waals surface area contributed by atoms with Crippen molar-refractivity contribution in [2.75, 3.05) is 0 Å². The maximum absolute atomic E-state index is 4.31.